The summed E-state index contributed by atoms with van der Waals surface area (Å²) in [7, 11) is 0. The number of hydrogen-bond acceptors (Lipinski definition) is 8. The van der Waals surface area contributed by atoms with Crippen molar-refractivity contribution in [2.45, 2.75) is 65.3 Å². The average molecular weight is 511 g/mol. The molecule has 7 atom stereocenters. The fourth-order valence-electron chi connectivity index (χ4n) is 7.11. The van der Waals surface area contributed by atoms with Crippen LogP contribution in [0.5, 0.6) is 0 Å². The van der Waals surface area contributed by atoms with Crippen molar-refractivity contribution in [2.75, 3.05) is 0 Å². The van der Waals surface area contributed by atoms with Crippen LogP contribution in [0.25, 0.3) is 0 Å². The molecule has 0 radical (unpaired) electrons. The molecule has 3 aliphatic carbocycles. The second-order valence-electron chi connectivity index (χ2n) is 11.6. The minimum atomic E-state index is -2.28. The van der Waals surface area contributed by atoms with Gasteiger partial charge >= 0.3 is 11.9 Å². The number of esters is 2. The molecule has 37 heavy (non-hydrogen) atoms. The van der Waals surface area contributed by atoms with Crippen LogP contribution in [0.3, 0.4) is 0 Å². The van der Waals surface area contributed by atoms with Gasteiger partial charge in [0.15, 0.2) is 17.1 Å². The molecule has 0 unspecified atom stereocenters. The first-order valence-corrected chi connectivity index (χ1v) is 12.4. The summed E-state index contributed by atoms with van der Waals surface area (Å²) in [5.41, 5.74) is -5.60. The lowest BCUT2D eigenvalue weighted by atomic mass is 9.41. The van der Waals surface area contributed by atoms with Crippen LogP contribution in [0.4, 0.5) is 0 Å². The number of hydrogen-bond donors (Lipinski definition) is 2. The zero-order valence-corrected chi connectivity index (χ0v) is 21.8. The number of aliphatic hydroxyl groups excluding tert-OH is 1. The van der Waals surface area contributed by atoms with Gasteiger partial charge in [-0.05, 0) is 37.5 Å². The normalized spacial score (nSPS) is 38.5. The number of carbonyl (C=O) groups is 4. The van der Waals surface area contributed by atoms with Crippen molar-refractivity contribution in [3.8, 4) is 0 Å². The van der Waals surface area contributed by atoms with Crippen LogP contribution in [-0.4, -0.2) is 51.5 Å². The van der Waals surface area contributed by atoms with Gasteiger partial charge in [0, 0.05) is 30.1 Å². The Kier molecular flexibility index (Phi) is 6.27. The van der Waals surface area contributed by atoms with Gasteiger partial charge in [-0.25, -0.2) is 4.79 Å². The van der Waals surface area contributed by atoms with Crippen molar-refractivity contribution in [3.05, 3.63) is 60.4 Å². The summed E-state index contributed by atoms with van der Waals surface area (Å²) in [6, 6.07) is 8.33. The molecule has 2 N–H and O–H groups in total. The third-order valence-corrected chi connectivity index (χ3v) is 8.88. The number of ketones is 2. The number of benzene rings is 1. The van der Waals surface area contributed by atoms with E-state index in [0.717, 1.165) is 0 Å². The third-order valence-electron chi connectivity index (χ3n) is 8.88. The van der Waals surface area contributed by atoms with E-state index >= 15 is 0 Å². The molecule has 0 spiro atoms. The summed E-state index contributed by atoms with van der Waals surface area (Å²) in [5, 5.41) is 23.1. The lowest BCUT2D eigenvalue weighted by Crippen LogP contribution is -2.75. The molecule has 3 aliphatic rings. The van der Waals surface area contributed by atoms with E-state index in [1.807, 2.05) is 0 Å². The molecule has 4 rings (SSSR count). The molecule has 0 saturated heterocycles. The molecule has 0 aliphatic heterocycles. The van der Waals surface area contributed by atoms with Crippen LogP contribution in [0.1, 0.15) is 57.8 Å². The van der Waals surface area contributed by atoms with Gasteiger partial charge in [-0.1, -0.05) is 45.0 Å². The lowest BCUT2D eigenvalue weighted by molar-refractivity contribution is -0.247. The predicted molar refractivity (Wildman–Crippen MR) is 133 cm³/mol. The number of rotatable bonds is 4. The molecule has 8 nitrogen and oxygen atoms in total. The summed E-state index contributed by atoms with van der Waals surface area (Å²) in [6.07, 6.45) is 0.436. The van der Waals surface area contributed by atoms with E-state index in [1.165, 1.54) is 19.1 Å². The molecule has 1 aromatic rings. The average Bonchev–Trinajstić information content (AvgIpc) is 2.83. The van der Waals surface area contributed by atoms with E-state index in [0.29, 0.717) is 0 Å². The van der Waals surface area contributed by atoms with Crippen LogP contribution in [0, 0.1) is 28.1 Å². The summed E-state index contributed by atoms with van der Waals surface area (Å²) in [4.78, 5) is 52.4. The standard InChI is InChI=1S/C29H34O8/c1-7-27(5)15-19(37-24(33)17-11-9-8-10-12-17)22-28(6)14-18(31)23(32)26(3,4)20(28)13-21(36-16(2)30)29(22,35)25(27)34/h7-12,14,19-22,31,35H,1,13,15H2,2-6H3/t19-,20-,21-,22+,27+,28+,29+/m1/s1. The van der Waals surface area contributed by atoms with E-state index < -0.39 is 75.2 Å². The van der Waals surface area contributed by atoms with Crippen LogP contribution in [0.2, 0.25) is 0 Å². The maximum atomic E-state index is 14.0. The second kappa shape index (κ2) is 8.65. The summed E-state index contributed by atoms with van der Waals surface area (Å²) in [5.74, 6) is -4.62. The fourth-order valence-corrected chi connectivity index (χ4v) is 7.11. The highest BCUT2D eigenvalue weighted by atomic mass is 16.6. The Hall–Kier alpha value is -3.26. The van der Waals surface area contributed by atoms with Crippen LogP contribution in [-0.2, 0) is 23.9 Å². The first-order chi connectivity index (χ1) is 17.1. The number of allylic oxidation sites excluding steroid dienone is 3. The highest BCUT2D eigenvalue weighted by molar-refractivity contribution is 6.00. The summed E-state index contributed by atoms with van der Waals surface area (Å²) >= 11 is 0. The van der Waals surface area contributed by atoms with Gasteiger partial charge in [0.1, 0.15) is 12.2 Å². The Labute approximate surface area is 216 Å². The van der Waals surface area contributed by atoms with Crippen molar-refractivity contribution in [3.63, 3.8) is 0 Å². The van der Waals surface area contributed by atoms with Crippen LogP contribution >= 0.6 is 0 Å². The first kappa shape index (κ1) is 26.8. The lowest BCUT2D eigenvalue weighted by Gasteiger charge is -2.64. The molecular formula is C29H34O8. The molecule has 0 aromatic heterocycles. The van der Waals surface area contributed by atoms with Crippen LogP contribution in [0.15, 0.2) is 54.8 Å². The molecule has 1 aromatic carbocycles. The molecule has 0 bridgehead atoms. The van der Waals surface area contributed by atoms with Crippen molar-refractivity contribution >= 4 is 23.5 Å². The van der Waals surface area contributed by atoms with Crippen molar-refractivity contribution in [1.82, 2.24) is 0 Å². The van der Waals surface area contributed by atoms with Gasteiger partial charge in [0.25, 0.3) is 0 Å². The Morgan fingerprint density at radius 1 is 1.08 bits per heavy atom. The SMILES string of the molecule is C=C[C@@]1(C)C[C@@H](OC(=O)c2ccccc2)[C@H]2[C@@]3(C)C=C(O)C(=O)C(C)(C)[C@H]3C[C@@H](OC(C)=O)[C@@]2(O)C1=O. The van der Waals surface area contributed by atoms with Crippen molar-refractivity contribution in [1.29, 1.82) is 0 Å². The molecule has 2 saturated carbocycles. The third kappa shape index (κ3) is 3.84. The number of fused-ring (bicyclic) bond motifs is 3. The van der Waals surface area contributed by atoms with Gasteiger partial charge in [-0.15, -0.1) is 6.58 Å². The molecular weight excluding hydrogens is 476 g/mol. The minimum absolute atomic E-state index is 0.0100. The molecule has 2 fully saturated rings. The van der Waals surface area contributed by atoms with Gasteiger partial charge in [0.2, 0.25) is 5.78 Å². The number of aliphatic hydroxyl groups is 2. The Morgan fingerprint density at radius 2 is 1.70 bits per heavy atom. The second-order valence-corrected chi connectivity index (χ2v) is 11.6. The Morgan fingerprint density at radius 3 is 2.27 bits per heavy atom. The van der Waals surface area contributed by atoms with Gasteiger partial charge < -0.3 is 19.7 Å². The number of carbonyl (C=O) groups excluding carboxylic acids is 4. The quantitative estimate of drug-likeness (QED) is 0.463. The number of ether oxygens (including phenoxy) is 2. The molecule has 0 heterocycles. The first-order valence-electron chi connectivity index (χ1n) is 12.4. The zero-order chi connectivity index (χ0) is 27.6. The highest BCUT2D eigenvalue weighted by Crippen LogP contribution is 2.65. The smallest absolute Gasteiger partial charge is 0.338 e. The topological polar surface area (TPSA) is 127 Å². The zero-order valence-electron chi connectivity index (χ0n) is 21.8. The molecule has 8 heteroatoms. The van der Waals surface area contributed by atoms with E-state index in [9.17, 15) is 29.4 Å². The maximum absolute atomic E-state index is 14.0. The summed E-state index contributed by atoms with van der Waals surface area (Å²) < 4.78 is 11.6. The predicted octanol–water partition coefficient (Wildman–Crippen LogP) is 3.73. The monoisotopic (exact) mass is 510 g/mol. The molecule has 0 amide bonds. The summed E-state index contributed by atoms with van der Waals surface area (Å²) in [6.45, 7) is 11.7. The van der Waals surface area contributed by atoms with Crippen LogP contribution < -0.4 is 0 Å². The van der Waals surface area contributed by atoms with E-state index in [1.54, 1.807) is 58.0 Å². The van der Waals surface area contributed by atoms with E-state index in [4.69, 9.17) is 9.47 Å². The van der Waals surface area contributed by atoms with Gasteiger partial charge in [-0.3, -0.25) is 14.4 Å². The minimum Gasteiger partial charge on any atom is -0.505 e. The maximum Gasteiger partial charge on any atom is 0.338 e. The Bertz CT molecular complexity index is 1200. The van der Waals surface area contributed by atoms with Crippen molar-refractivity contribution < 1.29 is 38.9 Å². The van der Waals surface area contributed by atoms with Crippen molar-refractivity contribution in [2.24, 2.45) is 28.1 Å². The van der Waals surface area contributed by atoms with E-state index in [2.05, 4.69) is 6.58 Å². The Balaban J connectivity index is 1.95. The van der Waals surface area contributed by atoms with Gasteiger partial charge in [-0.2, -0.15) is 0 Å². The van der Waals surface area contributed by atoms with E-state index in [-0.39, 0.29) is 18.4 Å². The fraction of sp³-hybridized carbons (Fsp3) is 0.517. The van der Waals surface area contributed by atoms with Gasteiger partial charge in [0.05, 0.1) is 11.0 Å². The highest BCUT2D eigenvalue weighted by Gasteiger charge is 2.74. The number of Topliss-reactive ketones (excluding diaryl/α,β-unsaturated/α-hetero) is 2. The largest absolute Gasteiger partial charge is 0.505 e. The molecule has 198 valence electrons.